The first-order chi connectivity index (χ1) is 20.4. The third-order valence-corrected chi connectivity index (χ3v) is 7.89. The summed E-state index contributed by atoms with van der Waals surface area (Å²) in [5.74, 6) is 2.77. The van der Waals surface area contributed by atoms with Gasteiger partial charge in [-0.25, -0.2) is 4.68 Å². The van der Waals surface area contributed by atoms with Crippen LogP contribution in [0.1, 0.15) is 37.9 Å². The minimum atomic E-state index is -0.604. The molecule has 0 spiro atoms. The highest BCUT2D eigenvalue weighted by molar-refractivity contribution is 9.10. The van der Waals surface area contributed by atoms with Crippen LogP contribution in [0.2, 0.25) is 0 Å². The normalized spacial score (nSPS) is 14.2. The number of nitrogens with one attached hydrogen (secondary N) is 2. The molecule has 218 valence electrons. The maximum absolute atomic E-state index is 14.0. The van der Waals surface area contributed by atoms with Gasteiger partial charge < -0.3 is 24.8 Å². The number of allylic oxidation sites excluding steroid dienone is 1. The summed E-state index contributed by atoms with van der Waals surface area (Å²) in [6.45, 7) is 6.67. The number of thioether (sulfide) groups is 1. The second-order valence-corrected chi connectivity index (χ2v) is 11.4. The zero-order valence-corrected chi connectivity index (χ0v) is 26.2. The van der Waals surface area contributed by atoms with E-state index < -0.39 is 6.04 Å². The van der Waals surface area contributed by atoms with Gasteiger partial charge in [0, 0.05) is 5.70 Å². The first-order valence-corrected chi connectivity index (χ1v) is 15.4. The molecule has 1 atom stereocenters. The standard InChI is InChI=1S/C31H32BrN5O4S/c1-5-40-24-15-11-10-14-23(24)34-29(38)26-19(3)33-30-35-31(42-6-2)36-37(30)27(26)21-16-22(32)28(25(17-21)39-4)41-18-20-12-8-7-9-13-20/h7-17,27H,5-6,18H2,1-4H3,(H,34,38)(H,33,35,36). The van der Waals surface area contributed by atoms with Crippen LogP contribution >= 0.6 is 27.7 Å². The van der Waals surface area contributed by atoms with E-state index in [4.69, 9.17) is 19.3 Å². The van der Waals surface area contributed by atoms with Gasteiger partial charge in [0.2, 0.25) is 11.1 Å². The van der Waals surface area contributed by atoms with Crippen LogP contribution in [0.4, 0.5) is 11.6 Å². The number of aromatic nitrogens is 3. The first-order valence-electron chi connectivity index (χ1n) is 13.6. The van der Waals surface area contributed by atoms with Crippen LogP contribution in [0.15, 0.2) is 87.6 Å². The number of anilines is 2. The number of nitrogens with zero attached hydrogens (tertiary/aromatic N) is 3. The van der Waals surface area contributed by atoms with Crippen molar-refractivity contribution in [2.75, 3.05) is 30.1 Å². The number of hydrogen-bond donors (Lipinski definition) is 2. The zero-order chi connectivity index (χ0) is 29.6. The zero-order valence-electron chi connectivity index (χ0n) is 23.8. The Morgan fingerprint density at radius 1 is 1.07 bits per heavy atom. The number of carbonyl (C=O) groups is 1. The highest BCUT2D eigenvalue weighted by Gasteiger charge is 2.35. The molecule has 9 nitrogen and oxygen atoms in total. The van der Waals surface area contributed by atoms with Crippen molar-refractivity contribution in [2.45, 2.75) is 38.6 Å². The fourth-order valence-corrected chi connectivity index (χ4v) is 5.86. The Labute approximate surface area is 257 Å². The number of ether oxygens (including phenoxy) is 3. The summed E-state index contributed by atoms with van der Waals surface area (Å²) in [6.07, 6.45) is 0. The molecule has 4 aromatic rings. The van der Waals surface area contributed by atoms with Crippen molar-refractivity contribution in [3.8, 4) is 17.2 Å². The smallest absolute Gasteiger partial charge is 0.255 e. The summed E-state index contributed by atoms with van der Waals surface area (Å²) < 4.78 is 20.2. The fourth-order valence-electron chi connectivity index (χ4n) is 4.73. The second kappa shape index (κ2) is 13.3. The number of halogens is 1. The van der Waals surface area contributed by atoms with Gasteiger partial charge in [0.15, 0.2) is 11.5 Å². The van der Waals surface area contributed by atoms with Crippen molar-refractivity contribution in [1.82, 2.24) is 14.8 Å². The summed E-state index contributed by atoms with van der Waals surface area (Å²) in [5.41, 5.74) is 3.54. The Morgan fingerprint density at radius 3 is 2.57 bits per heavy atom. The number of methoxy groups -OCH3 is 1. The fraction of sp³-hybridized carbons (Fsp3) is 0.258. The van der Waals surface area contributed by atoms with Crippen molar-refractivity contribution < 1.29 is 19.0 Å². The van der Waals surface area contributed by atoms with E-state index in [1.54, 1.807) is 11.8 Å². The molecule has 1 aliphatic rings. The highest BCUT2D eigenvalue weighted by Crippen LogP contribution is 2.43. The summed E-state index contributed by atoms with van der Waals surface area (Å²) in [6, 6.07) is 20.5. The van der Waals surface area contributed by atoms with E-state index in [0.29, 0.717) is 63.0 Å². The molecule has 1 unspecified atom stereocenters. The van der Waals surface area contributed by atoms with E-state index in [1.807, 2.05) is 87.5 Å². The SMILES string of the molecule is CCOc1ccccc1NC(=O)C1=C(C)Nc2nc(SCC)nn2C1c1cc(Br)c(OCc2ccccc2)c(OC)c1. The van der Waals surface area contributed by atoms with Crippen LogP contribution in [0.25, 0.3) is 0 Å². The predicted molar refractivity (Wildman–Crippen MR) is 169 cm³/mol. The Kier molecular flexibility index (Phi) is 9.38. The van der Waals surface area contributed by atoms with Crippen molar-refractivity contribution in [2.24, 2.45) is 0 Å². The van der Waals surface area contributed by atoms with Gasteiger partial charge in [-0.3, -0.25) is 4.79 Å². The summed E-state index contributed by atoms with van der Waals surface area (Å²) in [5, 5.41) is 11.7. The average Bonchev–Trinajstić information content (AvgIpc) is 3.39. The number of para-hydroxylation sites is 2. The molecule has 1 aliphatic heterocycles. The summed E-state index contributed by atoms with van der Waals surface area (Å²) >= 11 is 5.23. The molecule has 1 amide bonds. The highest BCUT2D eigenvalue weighted by atomic mass is 79.9. The van der Waals surface area contributed by atoms with Gasteiger partial charge >= 0.3 is 0 Å². The largest absolute Gasteiger partial charge is 0.493 e. The van der Waals surface area contributed by atoms with E-state index in [0.717, 1.165) is 16.9 Å². The molecule has 0 saturated heterocycles. The van der Waals surface area contributed by atoms with E-state index in [2.05, 4.69) is 31.5 Å². The third kappa shape index (κ3) is 6.27. The lowest BCUT2D eigenvalue weighted by Crippen LogP contribution is -2.31. The van der Waals surface area contributed by atoms with Crippen LogP contribution in [0.3, 0.4) is 0 Å². The van der Waals surface area contributed by atoms with Crippen LogP contribution < -0.4 is 24.8 Å². The van der Waals surface area contributed by atoms with Crippen LogP contribution in [-0.4, -0.2) is 40.1 Å². The molecule has 0 aliphatic carbocycles. The van der Waals surface area contributed by atoms with Crippen molar-refractivity contribution >= 4 is 45.2 Å². The van der Waals surface area contributed by atoms with E-state index in [-0.39, 0.29) is 5.91 Å². The first kappa shape index (κ1) is 29.5. The number of rotatable bonds is 11. The van der Waals surface area contributed by atoms with Gasteiger partial charge in [-0.1, -0.05) is 61.2 Å². The number of carbonyl (C=O) groups excluding carboxylic acids is 1. The molecule has 0 bridgehead atoms. The van der Waals surface area contributed by atoms with Gasteiger partial charge in [0.1, 0.15) is 18.4 Å². The molecule has 3 aromatic carbocycles. The van der Waals surface area contributed by atoms with Crippen LogP contribution in [0, 0.1) is 0 Å². The molecule has 42 heavy (non-hydrogen) atoms. The quantitative estimate of drug-likeness (QED) is 0.167. The number of fused-ring (bicyclic) bond motifs is 1. The second-order valence-electron chi connectivity index (χ2n) is 9.35. The Balaban J connectivity index is 1.56. The van der Waals surface area contributed by atoms with Crippen LogP contribution in [0.5, 0.6) is 17.2 Å². The maximum atomic E-state index is 14.0. The molecule has 0 saturated carbocycles. The van der Waals surface area contributed by atoms with Gasteiger partial charge in [-0.05, 0) is 70.9 Å². The molecular weight excluding hydrogens is 618 g/mol. The van der Waals surface area contributed by atoms with Crippen molar-refractivity contribution in [1.29, 1.82) is 0 Å². The minimum Gasteiger partial charge on any atom is -0.493 e. The Morgan fingerprint density at radius 2 is 1.83 bits per heavy atom. The molecule has 11 heteroatoms. The molecule has 0 radical (unpaired) electrons. The van der Waals surface area contributed by atoms with Crippen molar-refractivity contribution in [3.63, 3.8) is 0 Å². The summed E-state index contributed by atoms with van der Waals surface area (Å²) in [7, 11) is 1.60. The van der Waals surface area contributed by atoms with Gasteiger partial charge in [0.05, 0.1) is 29.4 Å². The number of amides is 1. The number of benzene rings is 3. The Bertz CT molecular complexity index is 1610. The molecule has 2 heterocycles. The van der Waals surface area contributed by atoms with Gasteiger partial charge in [-0.2, -0.15) is 4.98 Å². The molecule has 2 N–H and O–H groups in total. The topological polar surface area (TPSA) is 99.5 Å². The van der Waals surface area contributed by atoms with E-state index >= 15 is 0 Å². The van der Waals surface area contributed by atoms with E-state index in [1.165, 1.54) is 11.8 Å². The molecule has 1 aromatic heterocycles. The lowest BCUT2D eigenvalue weighted by Gasteiger charge is -2.29. The predicted octanol–water partition coefficient (Wildman–Crippen LogP) is 7.07. The Hall–Kier alpha value is -3.96. The number of hydrogen-bond acceptors (Lipinski definition) is 8. The summed E-state index contributed by atoms with van der Waals surface area (Å²) in [4.78, 5) is 18.7. The van der Waals surface area contributed by atoms with Gasteiger partial charge in [-0.15, -0.1) is 5.10 Å². The van der Waals surface area contributed by atoms with E-state index in [9.17, 15) is 4.79 Å². The molecule has 0 fully saturated rings. The maximum Gasteiger partial charge on any atom is 0.255 e. The molecule has 5 rings (SSSR count). The average molecular weight is 651 g/mol. The van der Waals surface area contributed by atoms with Gasteiger partial charge in [0.25, 0.3) is 5.91 Å². The lowest BCUT2D eigenvalue weighted by molar-refractivity contribution is -0.113. The van der Waals surface area contributed by atoms with Crippen LogP contribution in [-0.2, 0) is 11.4 Å². The molecular formula is C31H32BrN5O4S. The minimum absolute atomic E-state index is 0.289. The lowest BCUT2D eigenvalue weighted by atomic mass is 9.94. The third-order valence-electron chi connectivity index (χ3n) is 6.58. The van der Waals surface area contributed by atoms with Crippen molar-refractivity contribution in [3.05, 3.63) is 93.6 Å². The monoisotopic (exact) mass is 649 g/mol.